The van der Waals surface area contributed by atoms with Gasteiger partial charge in [0.25, 0.3) is 11.8 Å². The number of imide groups is 1. The zero-order chi connectivity index (χ0) is 22.4. The van der Waals surface area contributed by atoms with Crippen LogP contribution in [0.1, 0.15) is 31.8 Å². The highest BCUT2D eigenvalue weighted by atomic mass is 32.2. The van der Waals surface area contributed by atoms with Gasteiger partial charge in [0, 0.05) is 5.39 Å². The number of carbonyl (C=O) groups is 2. The lowest BCUT2D eigenvalue weighted by atomic mass is 9.92. The molecule has 0 unspecified atom stereocenters. The lowest BCUT2D eigenvalue weighted by molar-refractivity contribution is -0.0761. The first kappa shape index (κ1) is 20.8. The molecule has 3 aromatic rings. The van der Waals surface area contributed by atoms with Crippen LogP contribution in [-0.2, 0) is 14.4 Å². The third kappa shape index (κ3) is 3.60. The molecule has 0 spiro atoms. The van der Waals surface area contributed by atoms with Crippen molar-refractivity contribution in [2.24, 2.45) is 0 Å². The van der Waals surface area contributed by atoms with Gasteiger partial charge in [0.05, 0.1) is 11.1 Å². The van der Waals surface area contributed by atoms with Crippen LogP contribution in [0.4, 0.5) is 13.2 Å². The van der Waals surface area contributed by atoms with Gasteiger partial charge in [-0.25, -0.2) is 0 Å². The van der Waals surface area contributed by atoms with Crippen LogP contribution >= 0.6 is 0 Å². The van der Waals surface area contributed by atoms with Crippen molar-refractivity contribution in [3.05, 3.63) is 82.9 Å². The number of amides is 2. The summed E-state index contributed by atoms with van der Waals surface area (Å²) in [5.41, 5.74) is -4.54. The Bertz CT molecular complexity index is 1330. The average Bonchev–Trinajstić information content (AvgIpc) is 2.73. The molecule has 0 saturated heterocycles. The molecule has 4 rings (SSSR count). The molecular weight excluding hydrogens is 435 g/mol. The summed E-state index contributed by atoms with van der Waals surface area (Å²) in [7, 11) is -6.21. The van der Waals surface area contributed by atoms with Gasteiger partial charge in [-0.15, -0.1) is 9.35 Å². The number of hydrogen-bond acceptors (Lipinski definition) is 5. The fourth-order valence-corrected chi connectivity index (χ4v) is 3.62. The molecule has 0 fully saturated rings. The maximum Gasteiger partial charge on any atom is 0.525 e. The van der Waals surface area contributed by atoms with Crippen molar-refractivity contribution >= 4 is 44.9 Å². The molecule has 6 nitrogen and oxygen atoms in total. The second-order valence-corrected chi connectivity index (χ2v) is 8.07. The maximum absolute atomic E-state index is 12.7. The van der Waals surface area contributed by atoms with Crippen LogP contribution in [0, 0.1) is 0 Å². The Hall–Kier alpha value is -3.50. The van der Waals surface area contributed by atoms with E-state index in [4.69, 9.17) is 0 Å². The normalized spacial score (nSPS) is 14.6. The van der Waals surface area contributed by atoms with Crippen LogP contribution in [0.25, 0.3) is 22.9 Å². The third-order valence-electron chi connectivity index (χ3n) is 4.62. The summed E-state index contributed by atoms with van der Waals surface area (Å²) in [6, 6.07) is 16.6. The summed E-state index contributed by atoms with van der Waals surface area (Å²) in [5, 5.41) is 0.332. The van der Waals surface area contributed by atoms with Crippen molar-refractivity contribution in [3.63, 3.8) is 0 Å². The SMILES string of the molecule is O=C1c2cccc3c(/C=C\c4ccccc4)ccc(c23)C(=O)N1OS(=O)(=O)C(F)(F)F. The van der Waals surface area contributed by atoms with Crippen LogP contribution < -0.4 is 0 Å². The summed E-state index contributed by atoms with van der Waals surface area (Å²) in [6.07, 6.45) is 3.59. The van der Waals surface area contributed by atoms with Crippen LogP contribution in [0.5, 0.6) is 0 Å². The van der Waals surface area contributed by atoms with Gasteiger partial charge in [-0.05, 0) is 28.6 Å². The molecule has 0 radical (unpaired) electrons. The van der Waals surface area contributed by atoms with Crippen molar-refractivity contribution in [3.8, 4) is 0 Å². The zero-order valence-electron chi connectivity index (χ0n) is 15.5. The van der Waals surface area contributed by atoms with Gasteiger partial charge in [0.15, 0.2) is 0 Å². The van der Waals surface area contributed by atoms with Gasteiger partial charge in [-0.3, -0.25) is 9.59 Å². The van der Waals surface area contributed by atoms with Gasteiger partial charge in [0.2, 0.25) is 0 Å². The highest BCUT2D eigenvalue weighted by molar-refractivity contribution is 7.87. The minimum atomic E-state index is -6.21. The summed E-state index contributed by atoms with van der Waals surface area (Å²) in [4.78, 5) is 25.3. The van der Waals surface area contributed by atoms with Crippen molar-refractivity contribution in [2.45, 2.75) is 5.51 Å². The van der Waals surface area contributed by atoms with Gasteiger partial charge in [-0.1, -0.05) is 60.7 Å². The molecule has 31 heavy (non-hydrogen) atoms. The molecule has 0 atom stereocenters. The van der Waals surface area contributed by atoms with Gasteiger partial charge in [-0.2, -0.15) is 21.6 Å². The maximum atomic E-state index is 12.7. The Morgan fingerprint density at radius 3 is 2.10 bits per heavy atom. The Morgan fingerprint density at radius 1 is 0.806 bits per heavy atom. The molecule has 1 aliphatic heterocycles. The number of hydroxylamine groups is 2. The molecule has 0 aromatic heterocycles. The summed E-state index contributed by atoms with van der Waals surface area (Å²) < 4.78 is 64.6. The third-order valence-corrected chi connectivity index (χ3v) is 5.53. The number of carbonyl (C=O) groups excluding carboxylic acids is 2. The molecular formula is C21H12F3NO5S. The number of rotatable bonds is 4. The molecule has 0 bridgehead atoms. The fraction of sp³-hybridized carbons (Fsp3) is 0.0476. The molecule has 2 amide bonds. The van der Waals surface area contributed by atoms with E-state index in [1.165, 1.54) is 18.2 Å². The second kappa shape index (κ2) is 7.33. The van der Waals surface area contributed by atoms with Gasteiger partial charge < -0.3 is 0 Å². The first-order valence-corrected chi connectivity index (χ1v) is 10.2. The Labute approximate surface area is 174 Å². The standard InChI is InChI=1S/C21H12F3NO5S/c22-21(23,24)31(28,29)30-25-19(26)16-8-4-7-15-14(10-9-13-5-2-1-3-6-13)11-12-17(18(15)16)20(25)27/h1-12H/b10-9-. The zero-order valence-corrected chi connectivity index (χ0v) is 16.3. The average molecular weight is 447 g/mol. The molecule has 0 aliphatic carbocycles. The number of hydrogen-bond donors (Lipinski definition) is 0. The summed E-state index contributed by atoms with van der Waals surface area (Å²) in [5.74, 6) is -2.61. The van der Waals surface area contributed by atoms with E-state index in [0.717, 1.165) is 5.56 Å². The highest BCUT2D eigenvalue weighted by Gasteiger charge is 2.51. The minimum Gasteiger partial charge on any atom is -0.266 e. The Balaban J connectivity index is 1.80. The van der Waals surface area contributed by atoms with Crippen LogP contribution in [-0.4, -0.2) is 30.8 Å². The highest BCUT2D eigenvalue weighted by Crippen LogP contribution is 2.35. The van der Waals surface area contributed by atoms with E-state index in [0.29, 0.717) is 10.9 Å². The first-order chi connectivity index (χ1) is 14.6. The largest absolute Gasteiger partial charge is 0.525 e. The summed E-state index contributed by atoms with van der Waals surface area (Å²) in [6.45, 7) is 0. The minimum absolute atomic E-state index is 0.153. The molecule has 1 aliphatic rings. The van der Waals surface area contributed by atoms with E-state index in [1.807, 2.05) is 36.4 Å². The van der Waals surface area contributed by atoms with E-state index < -0.39 is 27.4 Å². The molecule has 158 valence electrons. The predicted octanol–water partition coefficient (Wildman–Crippen LogP) is 4.39. The number of benzene rings is 3. The summed E-state index contributed by atoms with van der Waals surface area (Å²) >= 11 is 0. The van der Waals surface area contributed by atoms with Crippen LogP contribution in [0.2, 0.25) is 0 Å². The Morgan fingerprint density at radius 2 is 1.45 bits per heavy atom. The van der Waals surface area contributed by atoms with Crippen LogP contribution in [0.3, 0.4) is 0 Å². The fourth-order valence-electron chi connectivity index (χ4n) is 3.20. The van der Waals surface area contributed by atoms with E-state index in [-0.39, 0.29) is 21.6 Å². The van der Waals surface area contributed by atoms with Gasteiger partial charge >= 0.3 is 15.6 Å². The van der Waals surface area contributed by atoms with Gasteiger partial charge in [0.1, 0.15) is 0 Å². The van der Waals surface area contributed by atoms with Crippen molar-refractivity contribution in [1.29, 1.82) is 0 Å². The lowest BCUT2D eigenvalue weighted by Crippen LogP contribution is -2.44. The lowest BCUT2D eigenvalue weighted by Gasteiger charge is -2.26. The predicted molar refractivity (Wildman–Crippen MR) is 106 cm³/mol. The number of nitrogens with zero attached hydrogens (tertiary/aromatic N) is 1. The Kier molecular flexibility index (Phi) is 4.91. The molecule has 10 heteroatoms. The molecule has 1 heterocycles. The van der Waals surface area contributed by atoms with Crippen molar-refractivity contribution in [2.75, 3.05) is 0 Å². The van der Waals surface area contributed by atoms with E-state index >= 15 is 0 Å². The van der Waals surface area contributed by atoms with E-state index in [1.54, 1.807) is 18.2 Å². The smallest absolute Gasteiger partial charge is 0.266 e. The van der Waals surface area contributed by atoms with E-state index in [9.17, 15) is 31.2 Å². The number of alkyl halides is 3. The van der Waals surface area contributed by atoms with Crippen molar-refractivity contribution < 1.29 is 35.5 Å². The first-order valence-electron chi connectivity index (χ1n) is 8.79. The van der Waals surface area contributed by atoms with E-state index in [2.05, 4.69) is 4.28 Å². The topological polar surface area (TPSA) is 80.8 Å². The van der Waals surface area contributed by atoms with Crippen molar-refractivity contribution in [1.82, 2.24) is 5.06 Å². The number of halogens is 3. The monoisotopic (exact) mass is 447 g/mol. The molecule has 0 N–H and O–H groups in total. The quantitative estimate of drug-likeness (QED) is 0.337. The second-order valence-electron chi connectivity index (χ2n) is 6.55. The molecule has 0 saturated carbocycles. The van der Waals surface area contributed by atoms with Crippen LogP contribution in [0.15, 0.2) is 60.7 Å². The molecule has 3 aromatic carbocycles.